The van der Waals surface area contributed by atoms with Gasteiger partial charge in [-0.15, -0.1) is 0 Å². The molecule has 3 nitrogen and oxygen atoms in total. The van der Waals surface area contributed by atoms with E-state index in [9.17, 15) is 9.90 Å². The third-order valence-corrected chi connectivity index (χ3v) is 4.98. The number of benzene rings is 1. The van der Waals surface area contributed by atoms with Crippen molar-refractivity contribution < 1.29 is 9.90 Å². The summed E-state index contributed by atoms with van der Waals surface area (Å²) in [6.45, 7) is 14.4. The third kappa shape index (κ3) is 4.30. The van der Waals surface area contributed by atoms with E-state index in [1.165, 1.54) is 0 Å². The van der Waals surface area contributed by atoms with Crippen LogP contribution < -0.4 is 0 Å². The summed E-state index contributed by atoms with van der Waals surface area (Å²) in [6.07, 6.45) is 3.79. The lowest BCUT2D eigenvalue weighted by molar-refractivity contribution is 0.103. The standard InChI is InChI=1S/C21H29NO2S/c1-8-25-22-10-9-14(13-22)18(23)15-11-16(20(2,3)4)19(24)17(12-15)21(5,6)7/h9-13,24H,8H2,1-7H3. The van der Waals surface area contributed by atoms with Crippen molar-refractivity contribution in [1.29, 1.82) is 0 Å². The number of phenolic OH excluding ortho intramolecular Hbond substituents is 1. The number of ketones is 1. The zero-order valence-corrected chi connectivity index (χ0v) is 17.1. The summed E-state index contributed by atoms with van der Waals surface area (Å²) in [5.41, 5.74) is 2.43. The van der Waals surface area contributed by atoms with Crippen LogP contribution >= 0.6 is 11.9 Å². The molecule has 136 valence electrons. The average molecular weight is 360 g/mol. The lowest BCUT2D eigenvalue weighted by Gasteiger charge is -2.28. The van der Waals surface area contributed by atoms with E-state index in [2.05, 4.69) is 48.5 Å². The number of hydrogen-bond acceptors (Lipinski definition) is 3. The zero-order chi connectivity index (χ0) is 19.0. The lowest BCUT2D eigenvalue weighted by atomic mass is 9.78. The minimum Gasteiger partial charge on any atom is -0.507 e. The number of hydrogen-bond donors (Lipinski definition) is 1. The summed E-state index contributed by atoms with van der Waals surface area (Å²) in [5.74, 6) is 1.24. The molecule has 1 aromatic carbocycles. The van der Waals surface area contributed by atoms with Gasteiger partial charge in [0.15, 0.2) is 5.78 Å². The first-order valence-electron chi connectivity index (χ1n) is 8.69. The molecule has 0 saturated heterocycles. The summed E-state index contributed by atoms with van der Waals surface area (Å²) < 4.78 is 1.96. The fraction of sp³-hybridized carbons (Fsp3) is 0.476. The highest BCUT2D eigenvalue weighted by atomic mass is 32.2. The predicted octanol–water partition coefficient (Wildman–Crippen LogP) is 5.54. The molecule has 25 heavy (non-hydrogen) atoms. The molecule has 0 saturated carbocycles. The monoisotopic (exact) mass is 359 g/mol. The SMILES string of the molecule is CCSn1ccc(C(=O)c2cc(C(C)(C)C)c(O)c(C(C)(C)C)c2)c1. The Labute approximate surface area is 155 Å². The Hall–Kier alpha value is -1.68. The van der Waals surface area contributed by atoms with Crippen molar-refractivity contribution in [3.63, 3.8) is 0 Å². The average Bonchev–Trinajstić information content (AvgIpc) is 2.93. The van der Waals surface area contributed by atoms with Gasteiger partial charge in [0.2, 0.25) is 0 Å². The summed E-state index contributed by atoms with van der Waals surface area (Å²) in [7, 11) is 0. The van der Waals surface area contributed by atoms with Gasteiger partial charge in [0.1, 0.15) is 5.75 Å². The maximum Gasteiger partial charge on any atom is 0.194 e. The quantitative estimate of drug-likeness (QED) is 0.729. The molecule has 0 radical (unpaired) electrons. The van der Waals surface area contributed by atoms with Gasteiger partial charge in [-0.1, -0.05) is 48.5 Å². The van der Waals surface area contributed by atoms with Crippen molar-refractivity contribution >= 4 is 17.7 Å². The number of carbonyl (C=O) groups is 1. The molecule has 2 rings (SSSR count). The van der Waals surface area contributed by atoms with Gasteiger partial charge in [-0.3, -0.25) is 8.77 Å². The Morgan fingerprint density at radius 1 is 1.04 bits per heavy atom. The van der Waals surface area contributed by atoms with Gasteiger partial charge < -0.3 is 5.11 Å². The largest absolute Gasteiger partial charge is 0.507 e. The van der Waals surface area contributed by atoms with Crippen LogP contribution in [0.4, 0.5) is 0 Å². The second-order valence-corrected chi connectivity index (χ2v) is 9.68. The first-order chi connectivity index (χ1) is 11.4. The Morgan fingerprint density at radius 2 is 1.56 bits per heavy atom. The van der Waals surface area contributed by atoms with E-state index >= 15 is 0 Å². The first-order valence-corrected chi connectivity index (χ1v) is 9.63. The van der Waals surface area contributed by atoms with Gasteiger partial charge in [0.25, 0.3) is 0 Å². The lowest BCUT2D eigenvalue weighted by Crippen LogP contribution is -2.19. The number of phenols is 1. The van der Waals surface area contributed by atoms with Gasteiger partial charge >= 0.3 is 0 Å². The Kier molecular flexibility index (Phi) is 5.43. The van der Waals surface area contributed by atoms with Crippen molar-refractivity contribution in [1.82, 2.24) is 3.97 Å². The second-order valence-electron chi connectivity index (χ2n) is 8.43. The van der Waals surface area contributed by atoms with Gasteiger partial charge in [0.05, 0.1) is 0 Å². The minimum absolute atomic E-state index is 0.00791. The summed E-state index contributed by atoms with van der Waals surface area (Å²) in [5, 5.41) is 10.8. The minimum atomic E-state index is -0.246. The summed E-state index contributed by atoms with van der Waals surface area (Å²) in [6, 6.07) is 5.54. The highest BCUT2D eigenvalue weighted by Crippen LogP contribution is 2.40. The van der Waals surface area contributed by atoms with Gasteiger partial charge in [-0.25, -0.2) is 0 Å². The van der Waals surface area contributed by atoms with E-state index < -0.39 is 0 Å². The van der Waals surface area contributed by atoms with E-state index in [0.717, 1.165) is 16.9 Å². The number of rotatable bonds is 4. The molecule has 2 aromatic rings. The van der Waals surface area contributed by atoms with Crippen LogP contribution in [0.3, 0.4) is 0 Å². The molecule has 0 aliphatic carbocycles. The van der Waals surface area contributed by atoms with Gasteiger partial charge in [-0.2, -0.15) is 0 Å². The topological polar surface area (TPSA) is 42.2 Å². The number of aromatic hydroxyl groups is 1. The molecule has 4 heteroatoms. The smallest absolute Gasteiger partial charge is 0.194 e. The van der Waals surface area contributed by atoms with Crippen molar-refractivity contribution in [2.45, 2.75) is 59.3 Å². The second kappa shape index (κ2) is 6.91. The first kappa shape index (κ1) is 19.6. The van der Waals surface area contributed by atoms with Crippen molar-refractivity contribution in [3.05, 3.63) is 52.8 Å². The molecule has 0 spiro atoms. The van der Waals surface area contributed by atoms with Crippen molar-refractivity contribution in [2.75, 3.05) is 5.75 Å². The van der Waals surface area contributed by atoms with Crippen LogP contribution in [-0.2, 0) is 10.8 Å². The molecular formula is C21H29NO2S. The summed E-state index contributed by atoms with van der Waals surface area (Å²) in [4.78, 5) is 13.0. The molecule has 0 aliphatic heterocycles. The maximum absolute atomic E-state index is 13.0. The van der Waals surface area contributed by atoms with E-state index in [1.807, 2.05) is 34.6 Å². The van der Waals surface area contributed by atoms with Crippen LogP contribution in [0.5, 0.6) is 5.75 Å². The fourth-order valence-electron chi connectivity index (χ4n) is 2.82. The molecule has 0 amide bonds. The Balaban J connectivity index is 2.58. The van der Waals surface area contributed by atoms with E-state index in [0.29, 0.717) is 16.9 Å². The molecule has 0 unspecified atom stereocenters. The number of aromatic nitrogens is 1. The highest BCUT2D eigenvalue weighted by Gasteiger charge is 2.28. The molecule has 0 atom stereocenters. The highest BCUT2D eigenvalue weighted by molar-refractivity contribution is 7.97. The van der Waals surface area contributed by atoms with Crippen molar-refractivity contribution in [2.24, 2.45) is 0 Å². The van der Waals surface area contributed by atoms with Crippen LogP contribution in [0.15, 0.2) is 30.6 Å². The summed E-state index contributed by atoms with van der Waals surface area (Å²) >= 11 is 1.65. The molecule has 1 aromatic heterocycles. The van der Waals surface area contributed by atoms with Crippen LogP contribution in [-0.4, -0.2) is 20.6 Å². The number of carbonyl (C=O) groups excluding carboxylic acids is 1. The predicted molar refractivity (Wildman–Crippen MR) is 107 cm³/mol. The Bertz CT molecular complexity index is 741. The van der Waals surface area contributed by atoms with E-state index in [4.69, 9.17) is 0 Å². The molecule has 0 fully saturated rings. The normalized spacial score (nSPS) is 12.4. The third-order valence-electron chi connectivity index (χ3n) is 4.20. The molecule has 0 aliphatic rings. The van der Waals surface area contributed by atoms with Crippen LogP contribution in [0.1, 0.15) is 75.5 Å². The van der Waals surface area contributed by atoms with Crippen LogP contribution in [0.25, 0.3) is 0 Å². The van der Waals surface area contributed by atoms with E-state index in [1.54, 1.807) is 11.9 Å². The van der Waals surface area contributed by atoms with E-state index in [-0.39, 0.29) is 16.6 Å². The Morgan fingerprint density at radius 3 is 2.00 bits per heavy atom. The van der Waals surface area contributed by atoms with Gasteiger partial charge in [0, 0.05) is 40.4 Å². The maximum atomic E-state index is 13.0. The van der Waals surface area contributed by atoms with Crippen molar-refractivity contribution in [3.8, 4) is 5.75 Å². The molecule has 1 N–H and O–H groups in total. The van der Waals surface area contributed by atoms with Gasteiger partial charge in [-0.05, 0) is 41.0 Å². The van der Waals surface area contributed by atoms with Crippen LogP contribution in [0, 0.1) is 0 Å². The molecular weight excluding hydrogens is 330 g/mol. The van der Waals surface area contributed by atoms with Crippen LogP contribution in [0.2, 0.25) is 0 Å². The fourth-order valence-corrected chi connectivity index (χ4v) is 3.45. The molecule has 1 heterocycles. The molecule has 0 bridgehead atoms. The zero-order valence-electron chi connectivity index (χ0n) is 16.3. The number of nitrogens with zero attached hydrogens (tertiary/aromatic N) is 1.